The first-order valence-electron chi connectivity index (χ1n) is 4.90. The second kappa shape index (κ2) is 4.93. The predicted octanol–water partition coefficient (Wildman–Crippen LogP) is 1.50. The number of aliphatic carboxylic acids is 1. The molecular formula is C10H16N2O3. The molecule has 1 rings (SSSR count). The zero-order chi connectivity index (χ0) is 11.4. The van der Waals surface area contributed by atoms with Crippen LogP contribution in [0.25, 0.3) is 0 Å². The fourth-order valence-electron chi connectivity index (χ4n) is 1.38. The Hall–Kier alpha value is -1.36. The normalized spacial score (nSPS) is 13.1. The van der Waals surface area contributed by atoms with Gasteiger partial charge in [-0.05, 0) is 6.92 Å². The number of hydrogen-bond donors (Lipinski definition) is 2. The van der Waals surface area contributed by atoms with Crippen LogP contribution in [-0.4, -0.2) is 22.3 Å². The first-order valence-corrected chi connectivity index (χ1v) is 4.90. The molecule has 1 aromatic heterocycles. The van der Waals surface area contributed by atoms with Gasteiger partial charge < -0.3 is 14.9 Å². The van der Waals surface area contributed by atoms with Gasteiger partial charge in [-0.15, -0.1) is 0 Å². The summed E-state index contributed by atoms with van der Waals surface area (Å²) in [6.07, 6.45) is 0.00412. The van der Waals surface area contributed by atoms with Gasteiger partial charge in [-0.1, -0.05) is 19.0 Å². The fourth-order valence-corrected chi connectivity index (χ4v) is 1.38. The molecule has 0 spiro atoms. The first-order chi connectivity index (χ1) is 6.99. The van der Waals surface area contributed by atoms with E-state index in [4.69, 9.17) is 9.63 Å². The summed E-state index contributed by atoms with van der Waals surface area (Å²) in [6, 6.07) is 1.66. The molecule has 15 heavy (non-hydrogen) atoms. The molecule has 1 heterocycles. The Morgan fingerprint density at radius 3 is 2.73 bits per heavy atom. The minimum Gasteiger partial charge on any atom is -0.481 e. The Morgan fingerprint density at radius 1 is 1.67 bits per heavy atom. The van der Waals surface area contributed by atoms with Crippen molar-refractivity contribution in [1.29, 1.82) is 0 Å². The van der Waals surface area contributed by atoms with Crippen LogP contribution in [-0.2, 0) is 4.79 Å². The van der Waals surface area contributed by atoms with E-state index in [0.29, 0.717) is 11.5 Å². The standard InChI is InChI=1S/C10H16N2O3/c1-6(2)11-8(5-10(13)14)9-4-7(3)15-12-9/h4,6,8,11H,5H2,1-3H3,(H,13,14). The third kappa shape index (κ3) is 3.71. The summed E-state index contributed by atoms with van der Waals surface area (Å²) < 4.78 is 4.93. The molecule has 0 aliphatic heterocycles. The number of rotatable bonds is 5. The maximum absolute atomic E-state index is 10.7. The smallest absolute Gasteiger partial charge is 0.305 e. The zero-order valence-electron chi connectivity index (χ0n) is 9.15. The van der Waals surface area contributed by atoms with Gasteiger partial charge in [0.2, 0.25) is 0 Å². The molecule has 1 aromatic rings. The van der Waals surface area contributed by atoms with Crippen LogP contribution < -0.4 is 5.32 Å². The number of carboxylic acids is 1. The van der Waals surface area contributed by atoms with Crippen LogP contribution in [0.5, 0.6) is 0 Å². The summed E-state index contributed by atoms with van der Waals surface area (Å²) in [6.45, 7) is 5.70. The van der Waals surface area contributed by atoms with Crippen molar-refractivity contribution in [1.82, 2.24) is 10.5 Å². The molecular weight excluding hydrogens is 196 g/mol. The van der Waals surface area contributed by atoms with Gasteiger partial charge in [-0.2, -0.15) is 0 Å². The molecule has 2 N–H and O–H groups in total. The summed E-state index contributed by atoms with van der Waals surface area (Å²) in [5, 5.41) is 15.7. The Balaban J connectivity index is 2.75. The lowest BCUT2D eigenvalue weighted by molar-refractivity contribution is -0.137. The van der Waals surface area contributed by atoms with Gasteiger partial charge in [0.1, 0.15) is 11.5 Å². The molecule has 1 unspecified atom stereocenters. The minimum absolute atomic E-state index is 0.00412. The topological polar surface area (TPSA) is 75.4 Å². The molecule has 0 aliphatic carbocycles. The Labute approximate surface area is 88.5 Å². The Bertz CT molecular complexity index is 333. The van der Waals surface area contributed by atoms with E-state index in [0.717, 1.165) is 0 Å². The second-order valence-electron chi connectivity index (χ2n) is 3.83. The van der Waals surface area contributed by atoms with Crippen molar-refractivity contribution in [3.8, 4) is 0 Å². The predicted molar refractivity (Wildman–Crippen MR) is 54.5 cm³/mol. The third-order valence-corrected chi connectivity index (χ3v) is 1.92. The maximum atomic E-state index is 10.7. The number of aryl methyl sites for hydroxylation is 1. The SMILES string of the molecule is Cc1cc(C(CC(=O)O)NC(C)C)no1. The van der Waals surface area contributed by atoms with Crippen LogP contribution in [0.1, 0.15) is 37.8 Å². The van der Waals surface area contributed by atoms with E-state index in [1.807, 2.05) is 13.8 Å². The van der Waals surface area contributed by atoms with E-state index in [1.54, 1.807) is 13.0 Å². The van der Waals surface area contributed by atoms with Gasteiger partial charge in [0.15, 0.2) is 0 Å². The van der Waals surface area contributed by atoms with Crippen molar-refractivity contribution >= 4 is 5.97 Å². The Kier molecular flexibility index (Phi) is 3.85. The van der Waals surface area contributed by atoms with Crippen LogP contribution in [0.15, 0.2) is 10.6 Å². The molecule has 0 saturated heterocycles. The summed E-state index contributed by atoms with van der Waals surface area (Å²) >= 11 is 0. The molecule has 0 amide bonds. The van der Waals surface area contributed by atoms with Gasteiger partial charge in [0, 0.05) is 12.1 Å². The zero-order valence-corrected chi connectivity index (χ0v) is 9.15. The highest BCUT2D eigenvalue weighted by Crippen LogP contribution is 2.17. The van der Waals surface area contributed by atoms with Crippen molar-refractivity contribution in [2.75, 3.05) is 0 Å². The fraction of sp³-hybridized carbons (Fsp3) is 0.600. The molecule has 5 heteroatoms. The summed E-state index contributed by atoms with van der Waals surface area (Å²) in [5.74, 6) is -0.167. The lowest BCUT2D eigenvalue weighted by Gasteiger charge is -2.16. The molecule has 0 aromatic carbocycles. The van der Waals surface area contributed by atoms with E-state index >= 15 is 0 Å². The number of hydrogen-bond acceptors (Lipinski definition) is 4. The third-order valence-electron chi connectivity index (χ3n) is 1.92. The second-order valence-corrected chi connectivity index (χ2v) is 3.83. The average Bonchev–Trinajstić information content (AvgIpc) is 2.48. The van der Waals surface area contributed by atoms with Crippen molar-refractivity contribution in [3.05, 3.63) is 17.5 Å². The van der Waals surface area contributed by atoms with E-state index < -0.39 is 5.97 Å². The number of nitrogens with zero attached hydrogens (tertiary/aromatic N) is 1. The van der Waals surface area contributed by atoms with Crippen LogP contribution >= 0.6 is 0 Å². The number of carbonyl (C=O) groups is 1. The number of carboxylic acid groups (broad SMARTS) is 1. The van der Waals surface area contributed by atoms with Gasteiger partial charge in [0.25, 0.3) is 0 Å². The van der Waals surface area contributed by atoms with Crippen LogP contribution in [0.3, 0.4) is 0 Å². The molecule has 0 fully saturated rings. The molecule has 84 valence electrons. The molecule has 0 radical (unpaired) electrons. The van der Waals surface area contributed by atoms with Crippen molar-refractivity contribution in [2.45, 2.75) is 39.3 Å². The van der Waals surface area contributed by atoms with Crippen molar-refractivity contribution in [2.24, 2.45) is 0 Å². The van der Waals surface area contributed by atoms with Crippen LogP contribution in [0.2, 0.25) is 0 Å². The highest BCUT2D eigenvalue weighted by atomic mass is 16.5. The number of aromatic nitrogens is 1. The van der Waals surface area contributed by atoms with Crippen LogP contribution in [0, 0.1) is 6.92 Å². The van der Waals surface area contributed by atoms with E-state index in [-0.39, 0.29) is 18.5 Å². The largest absolute Gasteiger partial charge is 0.481 e. The summed E-state index contributed by atoms with van der Waals surface area (Å²) in [5.41, 5.74) is 0.642. The van der Waals surface area contributed by atoms with Gasteiger partial charge in [-0.3, -0.25) is 4.79 Å². The lowest BCUT2D eigenvalue weighted by atomic mass is 10.1. The number of nitrogens with one attached hydrogen (secondary N) is 1. The van der Waals surface area contributed by atoms with Crippen LogP contribution in [0.4, 0.5) is 0 Å². The molecule has 0 aliphatic rings. The van der Waals surface area contributed by atoms with Gasteiger partial charge in [-0.25, -0.2) is 0 Å². The monoisotopic (exact) mass is 212 g/mol. The minimum atomic E-state index is -0.853. The molecule has 0 saturated carbocycles. The molecule has 1 atom stereocenters. The average molecular weight is 212 g/mol. The summed E-state index contributed by atoms with van der Waals surface area (Å²) in [7, 11) is 0. The quantitative estimate of drug-likeness (QED) is 0.773. The highest BCUT2D eigenvalue weighted by molar-refractivity contribution is 5.67. The van der Waals surface area contributed by atoms with E-state index in [2.05, 4.69) is 10.5 Å². The van der Waals surface area contributed by atoms with Crippen molar-refractivity contribution < 1.29 is 14.4 Å². The molecule has 0 bridgehead atoms. The maximum Gasteiger partial charge on any atom is 0.305 e. The first kappa shape index (κ1) is 11.7. The highest BCUT2D eigenvalue weighted by Gasteiger charge is 2.19. The van der Waals surface area contributed by atoms with E-state index in [9.17, 15) is 4.79 Å². The Morgan fingerprint density at radius 2 is 2.33 bits per heavy atom. The van der Waals surface area contributed by atoms with Crippen molar-refractivity contribution in [3.63, 3.8) is 0 Å². The molecule has 5 nitrogen and oxygen atoms in total. The van der Waals surface area contributed by atoms with E-state index in [1.165, 1.54) is 0 Å². The summed E-state index contributed by atoms with van der Waals surface area (Å²) in [4.78, 5) is 10.7. The van der Waals surface area contributed by atoms with Gasteiger partial charge in [0.05, 0.1) is 12.5 Å². The van der Waals surface area contributed by atoms with Gasteiger partial charge >= 0.3 is 5.97 Å². The lowest BCUT2D eigenvalue weighted by Crippen LogP contribution is -2.30.